The largest absolute Gasteiger partial charge is 0.506 e. The van der Waals surface area contributed by atoms with Crippen LogP contribution in [0.1, 0.15) is 39.3 Å². The van der Waals surface area contributed by atoms with Crippen LogP contribution in [0.25, 0.3) is 0 Å². The summed E-state index contributed by atoms with van der Waals surface area (Å²) in [4.78, 5) is 11.7. The maximum absolute atomic E-state index is 11.7. The van der Waals surface area contributed by atoms with E-state index in [4.69, 9.17) is 10.5 Å². The van der Waals surface area contributed by atoms with E-state index in [1.54, 1.807) is 39.8 Å². The van der Waals surface area contributed by atoms with Gasteiger partial charge in [-0.05, 0) is 39.3 Å². The minimum atomic E-state index is -0.620. The first-order chi connectivity index (χ1) is 8.20. The highest BCUT2D eigenvalue weighted by Crippen LogP contribution is 2.30. The van der Waals surface area contributed by atoms with Crippen LogP contribution in [0, 0.1) is 0 Å². The summed E-state index contributed by atoms with van der Waals surface area (Å²) in [5.41, 5.74) is 6.14. The molecule has 0 aliphatic carbocycles. The molecule has 0 saturated heterocycles. The lowest BCUT2D eigenvalue weighted by molar-refractivity contribution is 0.0635. The first kappa shape index (κ1) is 14.3. The quantitative estimate of drug-likeness (QED) is 0.706. The molecule has 0 aliphatic heterocycles. The van der Waals surface area contributed by atoms with Gasteiger partial charge in [0.15, 0.2) is 0 Å². The Morgan fingerprint density at radius 1 is 1.44 bits per heavy atom. The summed E-state index contributed by atoms with van der Waals surface area (Å²) in [6.45, 7) is 7.08. The van der Waals surface area contributed by atoms with Gasteiger partial charge in [-0.3, -0.25) is 5.32 Å². The number of hydrogen-bond acceptors (Lipinski definition) is 4. The molecule has 18 heavy (non-hydrogen) atoms. The molecule has 1 rings (SSSR count). The monoisotopic (exact) mass is 252 g/mol. The molecule has 0 heterocycles. The van der Waals surface area contributed by atoms with Gasteiger partial charge in [-0.1, -0.05) is 12.1 Å². The van der Waals surface area contributed by atoms with E-state index in [-0.39, 0.29) is 11.8 Å². The molecule has 1 amide bonds. The second kappa shape index (κ2) is 5.27. The normalized spacial score (nSPS) is 12.9. The fourth-order valence-electron chi connectivity index (χ4n) is 1.48. The van der Waals surface area contributed by atoms with Crippen LogP contribution in [-0.4, -0.2) is 16.8 Å². The average molecular weight is 252 g/mol. The van der Waals surface area contributed by atoms with Gasteiger partial charge in [-0.25, -0.2) is 4.79 Å². The number of nitrogens with one attached hydrogen (secondary N) is 1. The molecule has 1 atom stereocenters. The summed E-state index contributed by atoms with van der Waals surface area (Å²) in [6, 6.07) is 4.60. The van der Waals surface area contributed by atoms with E-state index in [0.29, 0.717) is 11.3 Å². The Bertz CT molecular complexity index is 436. The smallest absolute Gasteiger partial charge is 0.412 e. The minimum absolute atomic E-state index is 0.0318. The number of rotatable bonds is 2. The maximum Gasteiger partial charge on any atom is 0.412 e. The molecule has 0 saturated carbocycles. The Balaban J connectivity index is 2.93. The summed E-state index contributed by atoms with van der Waals surface area (Å²) in [5, 5.41) is 12.3. The van der Waals surface area contributed by atoms with Gasteiger partial charge in [0.1, 0.15) is 11.4 Å². The number of aromatic hydroxyl groups is 1. The highest BCUT2D eigenvalue weighted by molar-refractivity contribution is 5.88. The number of anilines is 1. The molecule has 0 aromatic heterocycles. The molecule has 0 fully saturated rings. The molecule has 1 unspecified atom stereocenters. The van der Waals surface area contributed by atoms with Crippen LogP contribution in [0.4, 0.5) is 10.5 Å². The number of amides is 1. The van der Waals surface area contributed by atoms with Crippen molar-refractivity contribution in [2.24, 2.45) is 5.73 Å². The van der Waals surface area contributed by atoms with Crippen LogP contribution in [0.3, 0.4) is 0 Å². The Morgan fingerprint density at radius 3 is 2.56 bits per heavy atom. The number of phenols is 1. The number of carbonyl (C=O) groups excluding carboxylic acids is 1. The van der Waals surface area contributed by atoms with Crippen LogP contribution in [0.5, 0.6) is 5.75 Å². The maximum atomic E-state index is 11.7. The molecular weight excluding hydrogens is 232 g/mol. The number of phenolic OH excluding ortho intramolecular Hbond substituents is 1. The van der Waals surface area contributed by atoms with E-state index in [2.05, 4.69) is 5.32 Å². The number of nitrogens with two attached hydrogens (primary N) is 1. The van der Waals surface area contributed by atoms with E-state index in [9.17, 15) is 9.90 Å². The summed E-state index contributed by atoms with van der Waals surface area (Å²) in [7, 11) is 0. The lowest BCUT2D eigenvalue weighted by Gasteiger charge is -2.21. The van der Waals surface area contributed by atoms with Crippen molar-refractivity contribution < 1.29 is 14.6 Å². The Kier molecular flexibility index (Phi) is 4.19. The highest BCUT2D eigenvalue weighted by Gasteiger charge is 2.19. The predicted octanol–water partition coefficient (Wildman–Crippen LogP) is 2.76. The lowest BCUT2D eigenvalue weighted by Crippen LogP contribution is -2.27. The molecule has 5 nitrogen and oxygen atoms in total. The topological polar surface area (TPSA) is 84.6 Å². The minimum Gasteiger partial charge on any atom is -0.506 e. The molecular formula is C13H20N2O3. The van der Waals surface area contributed by atoms with Gasteiger partial charge in [0, 0.05) is 6.04 Å². The number of carbonyl (C=O) groups is 1. The second-order valence-electron chi connectivity index (χ2n) is 5.16. The summed E-state index contributed by atoms with van der Waals surface area (Å²) < 4.78 is 5.13. The number of para-hydroxylation sites is 1. The second-order valence-corrected chi connectivity index (χ2v) is 5.16. The zero-order valence-corrected chi connectivity index (χ0v) is 11.2. The third-order valence-electron chi connectivity index (χ3n) is 2.19. The van der Waals surface area contributed by atoms with E-state index in [1.165, 1.54) is 6.07 Å². The standard InChI is InChI=1S/C13H20N2O3/c1-8(14)9-6-5-7-10(16)11(9)15-12(17)18-13(2,3)4/h5-8,16H,14H2,1-4H3,(H,15,17). The van der Waals surface area contributed by atoms with Gasteiger partial charge in [0.2, 0.25) is 0 Å². The first-order valence-electron chi connectivity index (χ1n) is 5.78. The van der Waals surface area contributed by atoms with Crippen LogP contribution in [0.2, 0.25) is 0 Å². The highest BCUT2D eigenvalue weighted by atomic mass is 16.6. The zero-order chi connectivity index (χ0) is 13.9. The van der Waals surface area contributed by atoms with Crippen molar-refractivity contribution in [2.75, 3.05) is 5.32 Å². The van der Waals surface area contributed by atoms with Crippen LogP contribution in [-0.2, 0) is 4.74 Å². The fourth-order valence-corrected chi connectivity index (χ4v) is 1.48. The van der Waals surface area contributed by atoms with Gasteiger partial charge in [-0.15, -0.1) is 0 Å². The Labute approximate surface area is 107 Å². The van der Waals surface area contributed by atoms with Crippen LogP contribution in [0.15, 0.2) is 18.2 Å². The molecule has 5 heteroatoms. The van der Waals surface area contributed by atoms with Gasteiger partial charge in [0.05, 0.1) is 5.69 Å². The molecule has 1 aromatic rings. The van der Waals surface area contributed by atoms with Gasteiger partial charge in [0.25, 0.3) is 0 Å². The fraction of sp³-hybridized carbons (Fsp3) is 0.462. The van der Waals surface area contributed by atoms with Gasteiger partial charge < -0.3 is 15.6 Å². The number of ether oxygens (including phenoxy) is 1. The van der Waals surface area contributed by atoms with Crippen LogP contribution < -0.4 is 11.1 Å². The summed E-state index contributed by atoms with van der Waals surface area (Å²) >= 11 is 0. The third-order valence-corrected chi connectivity index (χ3v) is 2.19. The van der Waals surface area contributed by atoms with Crippen molar-refractivity contribution in [2.45, 2.75) is 39.3 Å². The zero-order valence-electron chi connectivity index (χ0n) is 11.2. The van der Waals surface area contributed by atoms with E-state index < -0.39 is 11.7 Å². The predicted molar refractivity (Wildman–Crippen MR) is 70.6 cm³/mol. The van der Waals surface area contributed by atoms with Crippen molar-refractivity contribution >= 4 is 11.8 Å². The summed E-state index contributed by atoms with van der Waals surface area (Å²) in [6.07, 6.45) is -0.620. The lowest BCUT2D eigenvalue weighted by atomic mass is 10.1. The number of benzene rings is 1. The van der Waals surface area contributed by atoms with Crippen molar-refractivity contribution in [3.8, 4) is 5.75 Å². The molecule has 0 radical (unpaired) electrons. The van der Waals surface area contributed by atoms with Gasteiger partial charge in [-0.2, -0.15) is 0 Å². The summed E-state index contributed by atoms with van der Waals surface area (Å²) in [5.74, 6) is -0.0318. The van der Waals surface area contributed by atoms with E-state index in [0.717, 1.165) is 0 Å². The Morgan fingerprint density at radius 2 is 2.06 bits per heavy atom. The van der Waals surface area contributed by atoms with E-state index >= 15 is 0 Å². The SMILES string of the molecule is CC(N)c1cccc(O)c1NC(=O)OC(C)(C)C. The van der Waals surface area contributed by atoms with Crippen molar-refractivity contribution in [3.63, 3.8) is 0 Å². The average Bonchev–Trinajstić information content (AvgIpc) is 2.17. The van der Waals surface area contributed by atoms with E-state index in [1.807, 2.05) is 0 Å². The molecule has 4 N–H and O–H groups in total. The molecule has 0 aliphatic rings. The number of hydrogen-bond donors (Lipinski definition) is 3. The Hall–Kier alpha value is -1.75. The third kappa shape index (κ3) is 3.92. The van der Waals surface area contributed by atoms with Crippen molar-refractivity contribution in [1.29, 1.82) is 0 Å². The molecule has 0 spiro atoms. The van der Waals surface area contributed by atoms with Crippen molar-refractivity contribution in [3.05, 3.63) is 23.8 Å². The molecule has 100 valence electrons. The van der Waals surface area contributed by atoms with Crippen LogP contribution >= 0.6 is 0 Å². The van der Waals surface area contributed by atoms with Crippen molar-refractivity contribution in [1.82, 2.24) is 0 Å². The first-order valence-corrected chi connectivity index (χ1v) is 5.78. The van der Waals surface area contributed by atoms with Gasteiger partial charge >= 0.3 is 6.09 Å². The molecule has 1 aromatic carbocycles. The molecule has 0 bridgehead atoms.